The second-order valence-electron chi connectivity index (χ2n) is 4.87. The van der Waals surface area contributed by atoms with Gasteiger partial charge in [0.25, 0.3) is 0 Å². The van der Waals surface area contributed by atoms with E-state index in [1.165, 1.54) is 0 Å². The summed E-state index contributed by atoms with van der Waals surface area (Å²) in [6, 6.07) is 11.3. The van der Waals surface area contributed by atoms with Gasteiger partial charge in [-0.15, -0.1) is 24.0 Å². The first-order valence-corrected chi connectivity index (χ1v) is 7.74. The Bertz CT molecular complexity index is 738. The Hall–Kier alpha value is -1.68. The van der Waals surface area contributed by atoms with Crippen LogP contribution in [0.1, 0.15) is 5.56 Å². The third-order valence-electron chi connectivity index (χ3n) is 3.28. The molecule has 0 saturated carbocycles. The number of hydrogen-bond donors (Lipinski definition) is 2. The van der Waals surface area contributed by atoms with Crippen LogP contribution in [0.2, 0.25) is 0 Å². The molecule has 2 aromatic rings. The van der Waals surface area contributed by atoms with Crippen molar-refractivity contribution in [3.63, 3.8) is 0 Å². The van der Waals surface area contributed by atoms with E-state index in [2.05, 4.69) is 26.2 Å². The van der Waals surface area contributed by atoms with Gasteiger partial charge in [0.2, 0.25) is 6.79 Å². The monoisotopic (exact) mass is 505 g/mol. The molecule has 3 rings (SSSR count). The Morgan fingerprint density at radius 2 is 2.04 bits per heavy atom. The Morgan fingerprint density at radius 1 is 1.29 bits per heavy atom. The van der Waals surface area contributed by atoms with Gasteiger partial charge in [-0.1, -0.05) is 0 Å². The molecular formula is C16H17BrIN3O3. The van der Waals surface area contributed by atoms with Crippen LogP contribution in [0.15, 0.2) is 45.9 Å². The fraction of sp³-hybridized carbons (Fsp3) is 0.188. The molecule has 24 heavy (non-hydrogen) atoms. The third-order valence-corrected chi connectivity index (χ3v) is 3.87. The number of nitrogens with two attached hydrogens (primary N) is 1. The largest absolute Gasteiger partial charge is 0.497 e. The molecule has 0 spiro atoms. The SMILES string of the molecule is COc1ccc(NC(N)=NCc2cc(Br)c3c(c2)OCO3)cc1.I. The van der Waals surface area contributed by atoms with Gasteiger partial charge < -0.3 is 25.3 Å². The lowest BCUT2D eigenvalue weighted by molar-refractivity contribution is 0.173. The molecule has 3 N–H and O–H groups in total. The van der Waals surface area contributed by atoms with Gasteiger partial charge in [-0.3, -0.25) is 0 Å². The maximum atomic E-state index is 5.91. The predicted octanol–water partition coefficient (Wildman–Crippen LogP) is 3.73. The number of halogens is 2. The quantitative estimate of drug-likeness (QED) is 0.376. The maximum absolute atomic E-state index is 5.91. The summed E-state index contributed by atoms with van der Waals surface area (Å²) in [6.07, 6.45) is 0. The van der Waals surface area contributed by atoms with Crippen molar-refractivity contribution in [3.05, 3.63) is 46.4 Å². The molecule has 128 valence electrons. The molecule has 0 bridgehead atoms. The van der Waals surface area contributed by atoms with Crippen LogP contribution < -0.4 is 25.3 Å². The average molecular weight is 506 g/mol. The van der Waals surface area contributed by atoms with Crippen molar-refractivity contribution in [1.29, 1.82) is 0 Å². The van der Waals surface area contributed by atoms with Crippen LogP contribution in [-0.2, 0) is 6.54 Å². The zero-order valence-electron chi connectivity index (χ0n) is 12.9. The molecule has 0 fully saturated rings. The van der Waals surface area contributed by atoms with Crippen molar-refractivity contribution in [2.24, 2.45) is 10.7 Å². The second kappa shape index (κ2) is 8.43. The highest BCUT2D eigenvalue weighted by Crippen LogP contribution is 2.40. The van der Waals surface area contributed by atoms with Crippen molar-refractivity contribution in [2.75, 3.05) is 19.2 Å². The number of hydrogen-bond acceptors (Lipinski definition) is 4. The smallest absolute Gasteiger partial charge is 0.231 e. The number of aliphatic imine (C=N–C) groups is 1. The highest BCUT2D eigenvalue weighted by Gasteiger charge is 2.17. The number of ether oxygens (including phenoxy) is 3. The van der Waals surface area contributed by atoms with E-state index < -0.39 is 0 Å². The van der Waals surface area contributed by atoms with Crippen molar-refractivity contribution in [3.8, 4) is 17.2 Å². The molecule has 1 heterocycles. The zero-order chi connectivity index (χ0) is 16.2. The Kier molecular flexibility index (Phi) is 6.55. The Morgan fingerprint density at radius 3 is 2.75 bits per heavy atom. The van der Waals surface area contributed by atoms with Crippen molar-refractivity contribution in [2.45, 2.75) is 6.54 Å². The molecule has 0 radical (unpaired) electrons. The standard InChI is InChI=1S/C16H16BrN3O3.HI/c1-21-12-4-2-11(3-5-12)20-16(18)19-8-10-6-13(17)15-14(7-10)22-9-23-15;/h2-7H,8-9H2,1H3,(H3,18,19,20);1H. The maximum Gasteiger partial charge on any atom is 0.231 e. The second-order valence-corrected chi connectivity index (χ2v) is 5.72. The number of benzene rings is 2. The molecular weight excluding hydrogens is 489 g/mol. The minimum atomic E-state index is 0. The summed E-state index contributed by atoms with van der Waals surface area (Å²) in [5.74, 6) is 2.56. The fourth-order valence-corrected chi connectivity index (χ4v) is 2.75. The summed E-state index contributed by atoms with van der Waals surface area (Å²) in [4.78, 5) is 4.33. The van der Waals surface area contributed by atoms with Crippen molar-refractivity contribution < 1.29 is 14.2 Å². The van der Waals surface area contributed by atoms with E-state index in [-0.39, 0.29) is 30.8 Å². The lowest BCUT2D eigenvalue weighted by Crippen LogP contribution is -2.22. The summed E-state index contributed by atoms with van der Waals surface area (Å²) in [6.45, 7) is 0.673. The molecule has 1 aliphatic rings. The lowest BCUT2D eigenvalue weighted by atomic mass is 10.2. The molecule has 0 unspecified atom stereocenters. The van der Waals surface area contributed by atoms with E-state index >= 15 is 0 Å². The molecule has 0 saturated heterocycles. The molecule has 8 heteroatoms. The number of anilines is 1. The van der Waals surface area contributed by atoms with E-state index in [1.54, 1.807) is 7.11 Å². The third kappa shape index (κ3) is 4.44. The predicted molar refractivity (Wildman–Crippen MR) is 108 cm³/mol. The van der Waals surface area contributed by atoms with Crippen LogP contribution >= 0.6 is 39.9 Å². The van der Waals surface area contributed by atoms with Crippen LogP contribution in [0.3, 0.4) is 0 Å². The van der Waals surface area contributed by atoms with Crippen molar-refractivity contribution >= 4 is 51.6 Å². The van der Waals surface area contributed by atoms with E-state index in [0.29, 0.717) is 18.3 Å². The highest BCUT2D eigenvalue weighted by atomic mass is 127. The summed E-state index contributed by atoms with van der Waals surface area (Å²) >= 11 is 3.46. The molecule has 6 nitrogen and oxygen atoms in total. The molecule has 0 atom stereocenters. The van der Waals surface area contributed by atoms with Gasteiger partial charge in [-0.25, -0.2) is 4.99 Å². The molecule has 0 aliphatic carbocycles. The van der Waals surface area contributed by atoms with E-state index in [1.807, 2.05) is 36.4 Å². The minimum absolute atomic E-state index is 0. The van der Waals surface area contributed by atoms with Gasteiger partial charge in [0.15, 0.2) is 17.5 Å². The van der Waals surface area contributed by atoms with Crippen LogP contribution in [0.5, 0.6) is 17.2 Å². The fourth-order valence-electron chi connectivity index (χ4n) is 2.15. The van der Waals surface area contributed by atoms with E-state index in [0.717, 1.165) is 27.2 Å². The molecule has 1 aliphatic heterocycles. The molecule has 0 amide bonds. The first kappa shape index (κ1) is 18.7. The van der Waals surface area contributed by atoms with Gasteiger partial charge in [-0.2, -0.15) is 0 Å². The van der Waals surface area contributed by atoms with Gasteiger partial charge in [0.1, 0.15) is 5.75 Å². The van der Waals surface area contributed by atoms with Gasteiger partial charge >= 0.3 is 0 Å². The number of nitrogens with zero attached hydrogens (tertiary/aromatic N) is 1. The highest BCUT2D eigenvalue weighted by molar-refractivity contribution is 14.0. The van der Waals surface area contributed by atoms with E-state index in [4.69, 9.17) is 19.9 Å². The zero-order valence-corrected chi connectivity index (χ0v) is 16.8. The summed E-state index contributed by atoms with van der Waals surface area (Å²) in [7, 11) is 1.63. The van der Waals surface area contributed by atoms with E-state index in [9.17, 15) is 0 Å². The first-order valence-electron chi connectivity index (χ1n) is 6.95. The molecule has 2 aromatic carbocycles. The van der Waals surface area contributed by atoms with Crippen LogP contribution in [0.25, 0.3) is 0 Å². The topological polar surface area (TPSA) is 78.1 Å². The van der Waals surface area contributed by atoms with Gasteiger partial charge in [-0.05, 0) is 57.9 Å². The van der Waals surface area contributed by atoms with Crippen molar-refractivity contribution in [1.82, 2.24) is 0 Å². The number of guanidine groups is 1. The van der Waals surface area contributed by atoms with Crippen LogP contribution in [0.4, 0.5) is 5.69 Å². The van der Waals surface area contributed by atoms with Gasteiger partial charge in [0, 0.05) is 5.69 Å². The number of fused-ring (bicyclic) bond motifs is 1. The summed E-state index contributed by atoms with van der Waals surface area (Å²) in [5.41, 5.74) is 7.73. The number of nitrogens with one attached hydrogen (secondary N) is 1. The number of methoxy groups -OCH3 is 1. The number of rotatable bonds is 4. The summed E-state index contributed by atoms with van der Waals surface area (Å²) in [5, 5.41) is 3.03. The lowest BCUT2D eigenvalue weighted by Gasteiger charge is -2.07. The minimum Gasteiger partial charge on any atom is -0.497 e. The average Bonchev–Trinajstić information content (AvgIpc) is 3.03. The molecule has 0 aromatic heterocycles. The summed E-state index contributed by atoms with van der Waals surface area (Å²) < 4.78 is 16.7. The van der Waals surface area contributed by atoms with Crippen LogP contribution in [0, 0.1) is 0 Å². The Labute approximate surface area is 165 Å². The Balaban J connectivity index is 0.00000208. The van der Waals surface area contributed by atoms with Crippen LogP contribution in [-0.4, -0.2) is 19.9 Å². The normalized spacial score (nSPS) is 12.5. The van der Waals surface area contributed by atoms with Gasteiger partial charge in [0.05, 0.1) is 18.1 Å². The first-order chi connectivity index (χ1) is 11.2.